The lowest BCUT2D eigenvalue weighted by molar-refractivity contribution is 0.0954. The minimum absolute atomic E-state index is 0.0730. The first-order chi connectivity index (χ1) is 13.8. The highest BCUT2D eigenvalue weighted by atomic mass is 16.1. The van der Waals surface area contributed by atoms with Crippen LogP contribution in [0.3, 0.4) is 0 Å². The summed E-state index contributed by atoms with van der Waals surface area (Å²) in [6.07, 6.45) is 8.54. The molecule has 1 aliphatic rings. The van der Waals surface area contributed by atoms with Crippen LogP contribution in [0.4, 0.5) is 5.82 Å². The van der Waals surface area contributed by atoms with Gasteiger partial charge in [-0.05, 0) is 30.5 Å². The summed E-state index contributed by atoms with van der Waals surface area (Å²) in [5.74, 6) is 1.69. The first kappa shape index (κ1) is 18.2. The van der Waals surface area contributed by atoms with Crippen molar-refractivity contribution in [1.82, 2.24) is 19.9 Å². The number of imidazole rings is 1. The van der Waals surface area contributed by atoms with Crippen molar-refractivity contribution in [3.63, 3.8) is 0 Å². The third kappa shape index (κ3) is 4.22. The molecule has 2 aromatic heterocycles. The van der Waals surface area contributed by atoms with Gasteiger partial charge >= 0.3 is 0 Å². The van der Waals surface area contributed by atoms with Crippen LogP contribution in [0.5, 0.6) is 0 Å². The number of pyridine rings is 1. The Hall–Kier alpha value is -3.15. The van der Waals surface area contributed by atoms with Crippen molar-refractivity contribution in [2.24, 2.45) is 0 Å². The van der Waals surface area contributed by atoms with Crippen LogP contribution in [-0.2, 0) is 13.0 Å². The number of nitrogens with one attached hydrogen (secondary N) is 1. The molecule has 1 aromatic carbocycles. The number of hydrogen-bond donors (Lipinski definition) is 1. The third-order valence-electron chi connectivity index (χ3n) is 5.07. The minimum Gasteiger partial charge on any atom is -0.356 e. The molecular weight excluding hydrogens is 350 g/mol. The van der Waals surface area contributed by atoms with Gasteiger partial charge in [-0.1, -0.05) is 30.3 Å². The molecule has 0 radical (unpaired) electrons. The second-order valence-corrected chi connectivity index (χ2v) is 7.03. The fraction of sp³-hybridized carbons (Fsp3) is 0.318. The third-order valence-corrected chi connectivity index (χ3v) is 5.07. The summed E-state index contributed by atoms with van der Waals surface area (Å²) >= 11 is 0. The van der Waals surface area contributed by atoms with Crippen LogP contribution < -0.4 is 10.2 Å². The largest absolute Gasteiger partial charge is 0.356 e. The standard InChI is InChI=1S/C22H25N5O/c28-22(19-9-6-11-24-21(19)26-14-4-5-15-26)25-12-10-20-23-13-16-27(20)17-18-7-2-1-3-8-18/h1-3,6-9,11,13,16H,4-5,10,12,14-15,17H2,(H,25,28). The van der Waals surface area contributed by atoms with E-state index < -0.39 is 0 Å². The fourth-order valence-electron chi connectivity index (χ4n) is 3.63. The molecule has 144 valence electrons. The molecule has 0 aliphatic carbocycles. The van der Waals surface area contributed by atoms with Crippen molar-refractivity contribution < 1.29 is 4.79 Å². The van der Waals surface area contributed by atoms with Gasteiger partial charge in [0.15, 0.2) is 0 Å². The molecule has 3 heterocycles. The van der Waals surface area contributed by atoms with Crippen molar-refractivity contribution in [3.8, 4) is 0 Å². The molecule has 3 aromatic rings. The predicted octanol–water partition coefficient (Wildman–Crippen LogP) is 2.90. The Balaban J connectivity index is 1.36. The summed E-state index contributed by atoms with van der Waals surface area (Å²) in [6.45, 7) is 3.26. The molecule has 1 aliphatic heterocycles. The topological polar surface area (TPSA) is 63.1 Å². The number of nitrogens with zero attached hydrogens (tertiary/aromatic N) is 4. The molecule has 0 unspecified atom stereocenters. The number of amides is 1. The Labute approximate surface area is 165 Å². The molecule has 0 atom stereocenters. The van der Waals surface area contributed by atoms with Crippen molar-refractivity contribution in [2.75, 3.05) is 24.5 Å². The van der Waals surface area contributed by atoms with Gasteiger partial charge in [0, 0.05) is 51.2 Å². The molecule has 1 N–H and O–H groups in total. The van der Waals surface area contributed by atoms with Crippen LogP contribution in [-0.4, -0.2) is 40.1 Å². The van der Waals surface area contributed by atoms with Gasteiger partial charge in [-0.3, -0.25) is 4.79 Å². The summed E-state index contributed by atoms with van der Waals surface area (Å²) in [6, 6.07) is 14.0. The van der Waals surface area contributed by atoms with Crippen molar-refractivity contribution in [2.45, 2.75) is 25.8 Å². The quantitative estimate of drug-likeness (QED) is 0.690. The summed E-state index contributed by atoms with van der Waals surface area (Å²) in [5.41, 5.74) is 1.88. The van der Waals surface area contributed by atoms with E-state index in [-0.39, 0.29) is 5.91 Å². The van der Waals surface area contributed by atoms with E-state index in [1.54, 1.807) is 6.20 Å². The van der Waals surface area contributed by atoms with E-state index in [2.05, 4.69) is 36.9 Å². The van der Waals surface area contributed by atoms with E-state index in [0.29, 0.717) is 18.5 Å². The predicted molar refractivity (Wildman–Crippen MR) is 109 cm³/mol. The van der Waals surface area contributed by atoms with Crippen LogP contribution >= 0.6 is 0 Å². The number of carbonyl (C=O) groups is 1. The maximum absolute atomic E-state index is 12.7. The summed E-state index contributed by atoms with van der Waals surface area (Å²) < 4.78 is 2.13. The van der Waals surface area contributed by atoms with Crippen molar-refractivity contribution in [1.29, 1.82) is 0 Å². The zero-order chi connectivity index (χ0) is 19.2. The van der Waals surface area contributed by atoms with E-state index in [4.69, 9.17) is 0 Å². The molecule has 1 amide bonds. The van der Waals surface area contributed by atoms with Gasteiger partial charge in [-0.2, -0.15) is 0 Å². The molecule has 6 heteroatoms. The van der Waals surface area contributed by atoms with Crippen LogP contribution in [0.25, 0.3) is 0 Å². The Morgan fingerprint density at radius 2 is 1.82 bits per heavy atom. The van der Waals surface area contributed by atoms with Crippen molar-refractivity contribution >= 4 is 11.7 Å². The second-order valence-electron chi connectivity index (χ2n) is 7.03. The molecular formula is C22H25N5O. The number of aromatic nitrogens is 3. The highest BCUT2D eigenvalue weighted by Gasteiger charge is 2.20. The van der Waals surface area contributed by atoms with E-state index in [0.717, 1.165) is 44.1 Å². The first-order valence-electron chi connectivity index (χ1n) is 9.83. The number of benzene rings is 1. The van der Waals surface area contributed by atoms with Crippen LogP contribution in [0.2, 0.25) is 0 Å². The lowest BCUT2D eigenvalue weighted by atomic mass is 10.2. The van der Waals surface area contributed by atoms with Gasteiger partial charge < -0.3 is 14.8 Å². The molecule has 1 saturated heterocycles. The lowest BCUT2D eigenvalue weighted by Crippen LogP contribution is -2.30. The SMILES string of the molecule is O=C(NCCc1nccn1Cc1ccccc1)c1cccnc1N1CCCC1. The highest BCUT2D eigenvalue weighted by molar-refractivity contribution is 5.98. The van der Waals surface area contributed by atoms with E-state index in [1.165, 1.54) is 5.56 Å². The Bertz CT molecular complexity index is 915. The Morgan fingerprint density at radius 3 is 2.64 bits per heavy atom. The van der Waals surface area contributed by atoms with Crippen LogP contribution in [0.15, 0.2) is 61.1 Å². The molecule has 1 fully saturated rings. The van der Waals surface area contributed by atoms with Gasteiger partial charge in [0.1, 0.15) is 11.6 Å². The molecule has 28 heavy (non-hydrogen) atoms. The van der Waals surface area contributed by atoms with E-state index >= 15 is 0 Å². The fourth-order valence-corrected chi connectivity index (χ4v) is 3.63. The number of anilines is 1. The van der Waals surface area contributed by atoms with Gasteiger partial charge in [0.2, 0.25) is 0 Å². The number of rotatable bonds is 7. The van der Waals surface area contributed by atoms with Gasteiger partial charge in [0.25, 0.3) is 5.91 Å². The highest BCUT2D eigenvalue weighted by Crippen LogP contribution is 2.21. The molecule has 0 spiro atoms. The monoisotopic (exact) mass is 375 g/mol. The molecule has 0 saturated carbocycles. The van der Waals surface area contributed by atoms with Gasteiger partial charge in [-0.25, -0.2) is 9.97 Å². The zero-order valence-corrected chi connectivity index (χ0v) is 15.9. The molecule has 4 rings (SSSR count). The molecule has 0 bridgehead atoms. The average molecular weight is 375 g/mol. The summed E-state index contributed by atoms with van der Waals surface area (Å²) in [7, 11) is 0. The normalized spacial score (nSPS) is 13.6. The minimum atomic E-state index is -0.0730. The number of carbonyl (C=O) groups excluding carboxylic acids is 1. The first-order valence-corrected chi connectivity index (χ1v) is 9.83. The van der Waals surface area contributed by atoms with E-state index in [1.807, 2.05) is 42.7 Å². The zero-order valence-electron chi connectivity index (χ0n) is 15.9. The van der Waals surface area contributed by atoms with E-state index in [9.17, 15) is 4.79 Å². The van der Waals surface area contributed by atoms with Gasteiger partial charge in [0.05, 0.1) is 5.56 Å². The smallest absolute Gasteiger partial charge is 0.255 e. The Kier molecular flexibility index (Phi) is 5.66. The molecule has 6 nitrogen and oxygen atoms in total. The van der Waals surface area contributed by atoms with Gasteiger partial charge in [-0.15, -0.1) is 0 Å². The maximum atomic E-state index is 12.7. The summed E-state index contributed by atoms with van der Waals surface area (Å²) in [4.78, 5) is 23.8. The summed E-state index contributed by atoms with van der Waals surface area (Å²) in [5, 5.41) is 3.03. The lowest BCUT2D eigenvalue weighted by Gasteiger charge is -2.19. The average Bonchev–Trinajstić information content (AvgIpc) is 3.41. The maximum Gasteiger partial charge on any atom is 0.255 e. The Morgan fingerprint density at radius 1 is 1.00 bits per heavy atom. The number of hydrogen-bond acceptors (Lipinski definition) is 4. The van der Waals surface area contributed by atoms with Crippen LogP contribution in [0, 0.1) is 0 Å². The van der Waals surface area contributed by atoms with Crippen molar-refractivity contribution in [3.05, 3.63) is 78.0 Å². The second kappa shape index (κ2) is 8.69. The van der Waals surface area contributed by atoms with Crippen LogP contribution in [0.1, 0.15) is 34.6 Å².